The van der Waals surface area contributed by atoms with Crippen molar-refractivity contribution >= 4 is 11.7 Å². The molecule has 0 bridgehead atoms. The van der Waals surface area contributed by atoms with Crippen molar-refractivity contribution in [3.8, 4) is 11.1 Å². The number of urea groups is 1. The van der Waals surface area contributed by atoms with Crippen molar-refractivity contribution in [2.45, 2.75) is 12.7 Å². The first-order valence-electron chi connectivity index (χ1n) is 9.25. The summed E-state index contributed by atoms with van der Waals surface area (Å²) >= 11 is 0. The second-order valence-corrected chi connectivity index (χ2v) is 6.49. The Labute approximate surface area is 181 Å². The Morgan fingerprint density at radius 2 is 1.78 bits per heavy atom. The number of halogens is 3. The van der Waals surface area contributed by atoms with Gasteiger partial charge in [-0.2, -0.15) is 19.1 Å². The lowest BCUT2D eigenvalue weighted by atomic mass is 10.1. The van der Waals surface area contributed by atoms with Gasteiger partial charge < -0.3 is 15.5 Å². The van der Waals surface area contributed by atoms with Gasteiger partial charge in [-0.05, 0) is 29.3 Å². The van der Waals surface area contributed by atoms with E-state index in [0.29, 0.717) is 6.54 Å². The number of anilines is 1. The second kappa shape index (κ2) is 10.3. The number of nitrogens with one attached hydrogen (secondary N) is 3. The predicted octanol–water partition coefficient (Wildman–Crippen LogP) is 3.76. The molecule has 3 rings (SSSR count). The summed E-state index contributed by atoms with van der Waals surface area (Å²) in [5.41, 5.74) is 1.87. The minimum Gasteiger partial charge on any atom is -0.391 e. The average Bonchev–Trinajstić information content (AvgIpc) is 2.79. The van der Waals surface area contributed by atoms with Crippen molar-refractivity contribution < 1.29 is 22.8 Å². The molecule has 0 aliphatic rings. The summed E-state index contributed by atoms with van der Waals surface area (Å²) in [5.74, 6) is 5.02. The average molecular weight is 444 g/mol. The molecule has 0 saturated heterocycles. The zero-order valence-corrected chi connectivity index (χ0v) is 16.6. The number of hydrogen-bond donors (Lipinski definition) is 4. The molecule has 32 heavy (non-hydrogen) atoms. The Kier molecular flexibility index (Phi) is 7.24. The van der Waals surface area contributed by atoms with Crippen molar-refractivity contribution in [2.24, 2.45) is 5.90 Å². The van der Waals surface area contributed by atoms with E-state index < -0.39 is 17.8 Å². The van der Waals surface area contributed by atoms with Crippen LogP contribution in [0.15, 0.2) is 79.3 Å². The number of nitrogens with two attached hydrogens (primary N) is 1. The van der Waals surface area contributed by atoms with Crippen LogP contribution in [-0.2, 0) is 17.6 Å². The molecule has 0 fully saturated rings. The van der Waals surface area contributed by atoms with E-state index in [4.69, 9.17) is 5.90 Å². The standard InChI is InChI=1S/C21H19F3N6O2/c22-21(23,24)17-2-1-3-18(8-17)29-20(31)30-19(32-25)12-26-9-14-4-6-15(7-5-14)16-10-27-13-28-11-16/h1-8,10-13,26H,9,25H2,(H2,29,30,31)/b19-12-. The summed E-state index contributed by atoms with van der Waals surface area (Å²) in [6.07, 6.45) is 1.69. The van der Waals surface area contributed by atoms with Crippen LogP contribution in [0, 0.1) is 0 Å². The van der Waals surface area contributed by atoms with Crippen molar-refractivity contribution in [3.05, 3.63) is 90.5 Å². The minimum atomic E-state index is -4.52. The number of alkyl halides is 3. The van der Waals surface area contributed by atoms with Gasteiger partial charge in [0, 0.05) is 30.2 Å². The lowest BCUT2D eigenvalue weighted by molar-refractivity contribution is -0.137. The van der Waals surface area contributed by atoms with Crippen molar-refractivity contribution in [3.63, 3.8) is 0 Å². The van der Waals surface area contributed by atoms with Crippen LogP contribution >= 0.6 is 0 Å². The van der Waals surface area contributed by atoms with Gasteiger partial charge in [0.1, 0.15) is 6.33 Å². The van der Waals surface area contributed by atoms with Crippen LogP contribution in [0.3, 0.4) is 0 Å². The fourth-order valence-electron chi connectivity index (χ4n) is 2.67. The smallest absolute Gasteiger partial charge is 0.391 e. The maximum Gasteiger partial charge on any atom is 0.416 e. The SMILES string of the molecule is NO/C(=C\NCc1ccc(-c2cncnc2)cc1)NC(=O)Nc1cccc(C(F)(F)F)c1. The van der Waals surface area contributed by atoms with Gasteiger partial charge in [-0.3, -0.25) is 5.32 Å². The normalized spacial score (nSPS) is 11.6. The first kappa shape index (κ1) is 22.6. The number of amides is 2. The van der Waals surface area contributed by atoms with Crippen LogP contribution in [0.1, 0.15) is 11.1 Å². The molecule has 0 radical (unpaired) electrons. The molecule has 2 amide bonds. The van der Waals surface area contributed by atoms with E-state index in [9.17, 15) is 18.0 Å². The van der Waals surface area contributed by atoms with Crippen molar-refractivity contribution in [1.82, 2.24) is 20.6 Å². The third kappa shape index (κ3) is 6.44. The highest BCUT2D eigenvalue weighted by atomic mass is 19.4. The molecule has 0 spiro atoms. The molecular weight excluding hydrogens is 425 g/mol. The molecule has 8 nitrogen and oxygen atoms in total. The topological polar surface area (TPSA) is 114 Å². The number of rotatable bonds is 7. The zero-order valence-electron chi connectivity index (χ0n) is 16.6. The fraction of sp³-hybridized carbons (Fsp3) is 0.0952. The Morgan fingerprint density at radius 3 is 2.44 bits per heavy atom. The van der Waals surface area contributed by atoms with Gasteiger partial charge in [-0.1, -0.05) is 30.3 Å². The van der Waals surface area contributed by atoms with Gasteiger partial charge in [-0.15, -0.1) is 0 Å². The summed E-state index contributed by atoms with van der Waals surface area (Å²) in [5, 5.41) is 7.51. The van der Waals surface area contributed by atoms with Gasteiger partial charge in [0.15, 0.2) is 0 Å². The van der Waals surface area contributed by atoms with E-state index in [0.717, 1.165) is 28.8 Å². The van der Waals surface area contributed by atoms with Gasteiger partial charge >= 0.3 is 12.2 Å². The van der Waals surface area contributed by atoms with E-state index in [1.165, 1.54) is 24.7 Å². The molecule has 3 aromatic rings. The molecule has 0 aliphatic heterocycles. The van der Waals surface area contributed by atoms with Crippen LogP contribution in [0.25, 0.3) is 11.1 Å². The van der Waals surface area contributed by atoms with Crippen molar-refractivity contribution in [2.75, 3.05) is 5.32 Å². The Balaban J connectivity index is 1.53. The molecule has 0 atom stereocenters. The lowest BCUT2D eigenvalue weighted by Crippen LogP contribution is -2.31. The van der Waals surface area contributed by atoms with Crippen LogP contribution in [0.4, 0.5) is 23.7 Å². The quantitative estimate of drug-likeness (QED) is 0.326. The molecule has 11 heteroatoms. The maximum atomic E-state index is 12.8. The molecule has 5 N–H and O–H groups in total. The van der Waals surface area contributed by atoms with Crippen LogP contribution < -0.4 is 21.8 Å². The lowest BCUT2D eigenvalue weighted by Gasteiger charge is -2.12. The molecule has 0 saturated carbocycles. The van der Waals surface area contributed by atoms with E-state index >= 15 is 0 Å². The highest BCUT2D eigenvalue weighted by Gasteiger charge is 2.30. The summed E-state index contributed by atoms with van der Waals surface area (Å²) in [7, 11) is 0. The number of benzene rings is 2. The number of nitrogens with zero attached hydrogens (tertiary/aromatic N) is 2. The van der Waals surface area contributed by atoms with Gasteiger partial charge in [-0.25, -0.2) is 14.8 Å². The summed E-state index contributed by atoms with van der Waals surface area (Å²) < 4.78 is 38.3. The number of carbonyl (C=O) groups is 1. The van der Waals surface area contributed by atoms with Gasteiger partial charge in [0.05, 0.1) is 11.8 Å². The third-order valence-electron chi connectivity index (χ3n) is 4.20. The van der Waals surface area contributed by atoms with Crippen LogP contribution in [0.5, 0.6) is 0 Å². The Hall–Kier alpha value is -4.12. The molecule has 166 valence electrons. The number of hydrogen-bond acceptors (Lipinski definition) is 6. The van der Waals surface area contributed by atoms with Crippen molar-refractivity contribution in [1.29, 1.82) is 0 Å². The van der Waals surface area contributed by atoms with E-state index in [1.807, 2.05) is 24.3 Å². The Morgan fingerprint density at radius 1 is 1.06 bits per heavy atom. The summed E-state index contributed by atoms with van der Waals surface area (Å²) in [4.78, 5) is 24.6. The first-order chi connectivity index (χ1) is 15.3. The monoisotopic (exact) mass is 444 g/mol. The van der Waals surface area contributed by atoms with E-state index in [2.05, 4.69) is 30.8 Å². The molecule has 1 heterocycles. The predicted molar refractivity (Wildman–Crippen MR) is 111 cm³/mol. The Bertz CT molecular complexity index is 1070. The summed E-state index contributed by atoms with van der Waals surface area (Å²) in [6.45, 7) is 0.398. The van der Waals surface area contributed by atoms with Crippen LogP contribution in [-0.4, -0.2) is 16.0 Å². The number of carbonyl (C=O) groups excluding carboxylic acids is 1. The first-order valence-corrected chi connectivity index (χ1v) is 9.25. The largest absolute Gasteiger partial charge is 0.416 e. The maximum absolute atomic E-state index is 12.8. The summed E-state index contributed by atoms with van der Waals surface area (Å²) in [6, 6.07) is 11.0. The van der Waals surface area contributed by atoms with Gasteiger partial charge in [0.25, 0.3) is 0 Å². The zero-order chi connectivity index (χ0) is 23.0. The highest BCUT2D eigenvalue weighted by molar-refractivity contribution is 5.90. The van der Waals surface area contributed by atoms with E-state index in [1.54, 1.807) is 12.4 Å². The molecular formula is C21H19F3N6O2. The molecule has 0 aliphatic carbocycles. The fourth-order valence-corrected chi connectivity index (χ4v) is 2.67. The second-order valence-electron chi connectivity index (χ2n) is 6.49. The highest BCUT2D eigenvalue weighted by Crippen LogP contribution is 2.30. The molecule has 1 aromatic heterocycles. The van der Waals surface area contributed by atoms with Gasteiger partial charge in [0.2, 0.25) is 5.88 Å². The minimum absolute atomic E-state index is 0.0365. The molecule has 2 aromatic carbocycles. The molecule has 0 unspecified atom stereocenters. The number of aromatic nitrogens is 2. The van der Waals surface area contributed by atoms with Crippen LogP contribution in [0.2, 0.25) is 0 Å². The van der Waals surface area contributed by atoms with E-state index in [-0.39, 0.29) is 11.6 Å². The third-order valence-corrected chi connectivity index (χ3v) is 4.20.